The average Bonchev–Trinajstić information content (AvgIpc) is 2.08. The van der Waals surface area contributed by atoms with Crippen LogP contribution in [0.4, 0.5) is 5.69 Å². The molecule has 1 aromatic carbocycles. The molecule has 0 radical (unpaired) electrons. The van der Waals surface area contributed by atoms with E-state index in [-0.39, 0.29) is 5.91 Å². The molecule has 1 amide bonds. The molecule has 0 bridgehead atoms. The quantitative estimate of drug-likeness (QED) is 0.718. The first-order valence-electron chi connectivity index (χ1n) is 4.01. The number of benzene rings is 1. The Balaban J connectivity index is 2.42. The SMILES string of the molecule is NC1Cc2ccc(Br)cc2NC1=O. The number of carbonyl (C=O) groups is 1. The van der Waals surface area contributed by atoms with E-state index in [1.165, 1.54) is 0 Å². The molecule has 1 heterocycles. The smallest absolute Gasteiger partial charge is 0.241 e. The van der Waals surface area contributed by atoms with E-state index in [0.29, 0.717) is 6.42 Å². The number of rotatable bonds is 0. The van der Waals surface area contributed by atoms with E-state index in [9.17, 15) is 4.79 Å². The van der Waals surface area contributed by atoms with Gasteiger partial charge in [0.1, 0.15) is 0 Å². The first-order valence-corrected chi connectivity index (χ1v) is 4.81. The number of carbonyl (C=O) groups excluding carboxylic acids is 1. The molecule has 1 aromatic rings. The topological polar surface area (TPSA) is 55.1 Å². The summed E-state index contributed by atoms with van der Waals surface area (Å²) in [6.45, 7) is 0. The summed E-state index contributed by atoms with van der Waals surface area (Å²) in [5, 5.41) is 2.76. The van der Waals surface area contributed by atoms with Crippen LogP contribution in [0.1, 0.15) is 5.56 Å². The van der Waals surface area contributed by atoms with Crippen molar-refractivity contribution >= 4 is 27.5 Å². The zero-order valence-electron chi connectivity index (χ0n) is 6.88. The third-order valence-electron chi connectivity index (χ3n) is 2.11. The minimum atomic E-state index is -0.409. The molecule has 0 aromatic heterocycles. The summed E-state index contributed by atoms with van der Waals surface area (Å²) in [7, 11) is 0. The van der Waals surface area contributed by atoms with Gasteiger partial charge in [-0.05, 0) is 24.1 Å². The van der Waals surface area contributed by atoms with Crippen LogP contribution >= 0.6 is 15.9 Å². The minimum absolute atomic E-state index is 0.106. The van der Waals surface area contributed by atoms with Gasteiger partial charge in [0.25, 0.3) is 0 Å². The first kappa shape index (κ1) is 8.72. The van der Waals surface area contributed by atoms with Gasteiger partial charge in [-0.1, -0.05) is 22.0 Å². The van der Waals surface area contributed by atoms with Crippen molar-refractivity contribution in [3.05, 3.63) is 28.2 Å². The maximum absolute atomic E-state index is 11.2. The number of hydrogen-bond donors (Lipinski definition) is 2. The van der Waals surface area contributed by atoms with E-state index in [2.05, 4.69) is 21.2 Å². The molecule has 13 heavy (non-hydrogen) atoms. The summed E-state index contributed by atoms with van der Waals surface area (Å²) in [5.41, 5.74) is 7.56. The lowest BCUT2D eigenvalue weighted by Crippen LogP contribution is -2.40. The van der Waals surface area contributed by atoms with Gasteiger partial charge in [0, 0.05) is 10.2 Å². The van der Waals surface area contributed by atoms with E-state index in [0.717, 1.165) is 15.7 Å². The molecule has 68 valence electrons. The zero-order chi connectivity index (χ0) is 9.42. The molecule has 4 heteroatoms. The van der Waals surface area contributed by atoms with E-state index in [1.54, 1.807) is 0 Å². The standard InChI is InChI=1S/C9H9BrN2O/c10-6-2-1-5-3-7(11)9(13)12-8(5)4-6/h1-2,4,7H,3,11H2,(H,12,13). The van der Waals surface area contributed by atoms with Gasteiger partial charge in [-0.25, -0.2) is 0 Å². The van der Waals surface area contributed by atoms with Crippen LogP contribution in [0.5, 0.6) is 0 Å². The van der Waals surface area contributed by atoms with Crippen molar-refractivity contribution in [2.75, 3.05) is 5.32 Å². The van der Waals surface area contributed by atoms with Crippen LogP contribution in [0.2, 0.25) is 0 Å². The Morgan fingerprint density at radius 2 is 2.31 bits per heavy atom. The second-order valence-corrected chi connectivity index (χ2v) is 4.02. The summed E-state index contributed by atoms with van der Waals surface area (Å²) in [6.07, 6.45) is 0.619. The predicted molar refractivity (Wildman–Crippen MR) is 54.5 cm³/mol. The molecule has 2 rings (SSSR count). The van der Waals surface area contributed by atoms with Gasteiger partial charge >= 0.3 is 0 Å². The second kappa shape index (κ2) is 3.12. The number of fused-ring (bicyclic) bond motifs is 1. The fourth-order valence-corrected chi connectivity index (χ4v) is 1.76. The van der Waals surface area contributed by atoms with Gasteiger partial charge < -0.3 is 11.1 Å². The maximum Gasteiger partial charge on any atom is 0.241 e. The molecule has 0 saturated carbocycles. The second-order valence-electron chi connectivity index (χ2n) is 3.10. The van der Waals surface area contributed by atoms with Gasteiger partial charge in [0.15, 0.2) is 0 Å². The Hall–Kier alpha value is -0.870. The molecule has 1 aliphatic rings. The Kier molecular flexibility index (Phi) is 2.09. The molecule has 1 aliphatic heterocycles. The van der Waals surface area contributed by atoms with Crippen LogP contribution in [0.15, 0.2) is 22.7 Å². The number of halogens is 1. The molecule has 0 saturated heterocycles. The monoisotopic (exact) mass is 240 g/mol. The van der Waals surface area contributed by atoms with E-state index < -0.39 is 6.04 Å². The van der Waals surface area contributed by atoms with Crippen molar-refractivity contribution < 1.29 is 4.79 Å². The summed E-state index contributed by atoms with van der Waals surface area (Å²) < 4.78 is 0.960. The van der Waals surface area contributed by atoms with Gasteiger partial charge in [0.05, 0.1) is 6.04 Å². The fourth-order valence-electron chi connectivity index (χ4n) is 1.40. The van der Waals surface area contributed by atoms with Crippen molar-refractivity contribution in [2.45, 2.75) is 12.5 Å². The van der Waals surface area contributed by atoms with Crippen molar-refractivity contribution in [2.24, 2.45) is 5.73 Å². The molecule has 3 nitrogen and oxygen atoms in total. The number of amides is 1. The van der Waals surface area contributed by atoms with Gasteiger partial charge in [-0.15, -0.1) is 0 Å². The van der Waals surface area contributed by atoms with Crippen LogP contribution in [0.25, 0.3) is 0 Å². The molecule has 0 spiro atoms. The minimum Gasteiger partial charge on any atom is -0.324 e. The molecular weight excluding hydrogens is 232 g/mol. The summed E-state index contributed by atoms with van der Waals surface area (Å²) in [5.74, 6) is -0.106. The molecule has 0 aliphatic carbocycles. The van der Waals surface area contributed by atoms with Crippen LogP contribution < -0.4 is 11.1 Å². The molecule has 3 N–H and O–H groups in total. The predicted octanol–water partition coefficient (Wildman–Crippen LogP) is 1.27. The van der Waals surface area contributed by atoms with Crippen LogP contribution in [-0.4, -0.2) is 11.9 Å². The summed E-state index contributed by atoms with van der Waals surface area (Å²) in [4.78, 5) is 11.2. The number of hydrogen-bond acceptors (Lipinski definition) is 2. The highest BCUT2D eigenvalue weighted by Crippen LogP contribution is 2.25. The van der Waals surface area contributed by atoms with Crippen molar-refractivity contribution in [1.29, 1.82) is 0 Å². The number of nitrogens with one attached hydrogen (secondary N) is 1. The Morgan fingerprint density at radius 1 is 1.54 bits per heavy atom. The molecule has 1 unspecified atom stereocenters. The molecular formula is C9H9BrN2O. The van der Waals surface area contributed by atoms with Gasteiger partial charge in [-0.2, -0.15) is 0 Å². The van der Waals surface area contributed by atoms with Crippen molar-refractivity contribution in [3.63, 3.8) is 0 Å². The molecule has 0 fully saturated rings. The number of nitrogens with two attached hydrogens (primary N) is 1. The van der Waals surface area contributed by atoms with E-state index in [1.807, 2.05) is 18.2 Å². The highest BCUT2D eigenvalue weighted by Gasteiger charge is 2.22. The van der Waals surface area contributed by atoms with Crippen LogP contribution in [-0.2, 0) is 11.2 Å². The summed E-state index contributed by atoms with van der Waals surface area (Å²) >= 11 is 3.34. The fraction of sp³-hybridized carbons (Fsp3) is 0.222. The third-order valence-corrected chi connectivity index (χ3v) is 2.60. The average molecular weight is 241 g/mol. The van der Waals surface area contributed by atoms with E-state index >= 15 is 0 Å². The van der Waals surface area contributed by atoms with Crippen molar-refractivity contribution in [3.8, 4) is 0 Å². The Labute approximate surface area is 84.4 Å². The highest BCUT2D eigenvalue weighted by molar-refractivity contribution is 9.10. The highest BCUT2D eigenvalue weighted by atomic mass is 79.9. The lowest BCUT2D eigenvalue weighted by atomic mass is 10.00. The lowest BCUT2D eigenvalue weighted by molar-refractivity contribution is -0.117. The Bertz CT molecular complexity index is 365. The number of anilines is 1. The zero-order valence-corrected chi connectivity index (χ0v) is 8.47. The van der Waals surface area contributed by atoms with Crippen LogP contribution in [0.3, 0.4) is 0 Å². The summed E-state index contributed by atoms with van der Waals surface area (Å²) in [6, 6.07) is 5.40. The molecule has 1 atom stereocenters. The van der Waals surface area contributed by atoms with Gasteiger partial charge in [0.2, 0.25) is 5.91 Å². The largest absolute Gasteiger partial charge is 0.324 e. The third kappa shape index (κ3) is 1.59. The first-order chi connectivity index (χ1) is 6.16. The normalized spacial score (nSPS) is 20.8. The Morgan fingerprint density at radius 3 is 3.08 bits per heavy atom. The van der Waals surface area contributed by atoms with Gasteiger partial charge in [-0.3, -0.25) is 4.79 Å². The van der Waals surface area contributed by atoms with Crippen LogP contribution in [0, 0.1) is 0 Å². The lowest BCUT2D eigenvalue weighted by Gasteiger charge is -2.21. The van der Waals surface area contributed by atoms with Crippen molar-refractivity contribution in [1.82, 2.24) is 0 Å². The maximum atomic E-state index is 11.2. The van der Waals surface area contributed by atoms with E-state index in [4.69, 9.17) is 5.73 Å².